The average molecular weight is 317 g/mol. The zero-order valence-electron chi connectivity index (χ0n) is 11.5. The van der Waals surface area contributed by atoms with Crippen LogP contribution >= 0.6 is 0 Å². The molecule has 0 unspecified atom stereocenters. The molecule has 0 saturated heterocycles. The van der Waals surface area contributed by atoms with E-state index in [9.17, 15) is 25.1 Å². The van der Waals surface area contributed by atoms with Crippen LogP contribution < -0.4 is 5.43 Å². The number of carbonyl (C=O) groups excluding carboxylic acids is 1. The summed E-state index contributed by atoms with van der Waals surface area (Å²) in [5.74, 6) is -1.92. The summed E-state index contributed by atoms with van der Waals surface area (Å²) in [6.45, 7) is 0. The highest BCUT2D eigenvalue weighted by atomic mass is 16.6. The fourth-order valence-electron chi connectivity index (χ4n) is 1.67. The SMILES string of the molecule is O=C(N/N=C/c1ccc(O)c(O)c1)c1cc([N+](=O)[O-])ccc1O. The van der Waals surface area contributed by atoms with Gasteiger partial charge < -0.3 is 15.3 Å². The third-order valence-corrected chi connectivity index (χ3v) is 2.81. The first kappa shape index (κ1) is 15.8. The molecule has 0 bridgehead atoms. The summed E-state index contributed by atoms with van der Waals surface area (Å²) in [6.07, 6.45) is 1.19. The third kappa shape index (κ3) is 3.73. The highest BCUT2D eigenvalue weighted by Gasteiger charge is 2.15. The molecule has 0 aliphatic carbocycles. The lowest BCUT2D eigenvalue weighted by molar-refractivity contribution is -0.384. The quantitative estimate of drug-likeness (QED) is 0.291. The van der Waals surface area contributed by atoms with Crippen molar-refractivity contribution in [3.8, 4) is 17.2 Å². The van der Waals surface area contributed by atoms with Crippen molar-refractivity contribution in [2.45, 2.75) is 0 Å². The van der Waals surface area contributed by atoms with E-state index in [1.165, 1.54) is 24.4 Å². The van der Waals surface area contributed by atoms with Crippen molar-refractivity contribution >= 4 is 17.8 Å². The fourth-order valence-corrected chi connectivity index (χ4v) is 1.67. The van der Waals surface area contributed by atoms with Gasteiger partial charge in [0.1, 0.15) is 5.75 Å². The number of hydrazone groups is 1. The van der Waals surface area contributed by atoms with Gasteiger partial charge in [-0.25, -0.2) is 5.43 Å². The number of benzene rings is 2. The molecule has 0 spiro atoms. The molecule has 4 N–H and O–H groups in total. The van der Waals surface area contributed by atoms with E-state index < -0.39 is 16.6 Å². The van der Waals surface area contributed by atoms with Gasteiger partial charge in [-0.2, -0.15) is 5.10 Å². The third-order valence-electron chi connectivity index (χ3n) is 2.81. The number of phenolic OH excluding ortho intramolecular Hbond substituents is 3. The molecule has 0 saturated carbocycles. The molecule has 9 nitrogen and oxygen atoms in total. The number of amides is 1. The number of nitro groups is 1. The molecule has 0 atom stereocenters. The van der Waals surface area contributed by atoms with Gasteiger partial charge in [-0.3, -0.25) is 14.9 Å². The van der Waals surface area contributed by atoms with Crippen molar-refractivity contribution in [1.82, 2.24) is 5.43 Å². The van der Waals surface area contributed by atoms with Crippen LogP contribution in [0, 0.1) is 10.1 Å². The smallest absolute Gasteiger partial charge is 0.275 e. The Labute approximate surface area is 129 Å². The summed E-state index contributed by atoms with van der Waals surface area (Å²) in [7, 11) is 0. The number of carbonyl (C=O) groups is 1. The number of hydrogen-bond acceptors (Lipinski definition) is 7. The summed E-state index contributed by atoms with van der Waals surface area (Å²) < 4.78 is 0. The Morgan fingerprint density at radius 1 is 1.09 bits per heavy atom. The van der Waals surface area contributed by atoms with E-state index in [0.717, 1.165) is 18.2 Å². The second-order valence-corrected chi connectivity index (χ2v) is 4.41. The van der Waals surface area contributed by atoms with Crippen molar-refractivity contribution in [3.63, 3.8) is 0 Å². The second-order valence-electron chi connectivity index (χ2n) is 4.41. The van der Waals surface area contributed by atoms with Crippen LogP contribution in [-0.4, -0.2) is 32.4 Å². The maximum absolute atomic E-state index is 11.9. The van der Waals surface area contributed by atoms with Gasteiger partial charge in [0.2, 0.25) is 0 Å². The summed E-state index contributed by atoms with van der Waals surface area (Å²) >= 11 is 0. The molecule has 9 heteroatoms. The van der Waals surface area contributed by atoms with Crippen LogP contribution in [0.4, 0.5) is 5.69 Å². The van der Waals surface area contributed by atoms with Crippen LogP contribution in [-0.2, 0) is 0 Å². The highest BCUT2D eigenvalue weighted by molar-refractivity contribution is 5.98. The number of hydrogen-bond donors (Lipinski definition) is 4. The van der Waals surface area contributed by atoms with Crippen LogP contribution in [0.2, 0.25) is 0 Å². The molecule has 118 valence electrons. The van der Waals surface area contributed by atoms with Gasteiger partial charge in [-0.15, -0.1) is 0 Å². The number of nitrogens with zero attached hydrogens (tertiary/aromatic N) is 2. The van der Waals surface area contributed by atoms with E-state index >= 15 is 0 Å². The summed E-state index contributed by atoms with van der Waals surface area (Å²) in [5, 5.41) is 42.3. The van der Waals surface area contributed by atoms with E-state index in [0.29, 0.717) is 5.56 Å². The molecule has 0 aliphatic heterocycles. The number of rotatable bonds is 4. The minimum atomic E-state index is -0.842. The van der Waals surface area contributed by atoms with Crippen molar-refractivity contribution in [2.75, 3.05) is 0 Å². The molecule has 23 heavy (non-hydrogen) atoms. The topological polar surface area (TPSA) is 145 Å². The molecule has 2 aromatic carbocycles. The first-order valence-corrected chi connectivity index (χ1v) is 6.21. The molecule has 0 aliphatic rings. The largest absolute Gasteiger partial charge is 0.507 e. The van der Waals surface area contributed by atoms with Gasteiger partial charge in [0.05, 0.1) is 16.7 Å². The summed E-state index contributed by atoms with van der Waals surface area (Å²) in [6, 6.07) is 6.92. The maximum atomic E-state index is 11.9. The lowest BCUT2D eigenvalue weighted by Crippen LogP contribution is -2.17. The van der Waals surface area contributed by atoms with Crippen molar-refractivity contribution in [2.24, 2.45) is 5.10 Å². The first-order valence-electron chi connectivity index (χ1n) is 6.21. The lowest BCUT2D eigenvalue weighted by Gasteiger charge is -2.03. The molecule has 1 amide bonds. The Bertz CT molecular complexity index is 803. The Balaban J connectivity index is 2.13. The zero-order chi connectivity index (χ0) is 17.0. The molecule has 0 aromatic heterocycles. The Kier molecular flexibility index (Phi) is 4.41. The van der Waals surface area contributed by atoms with Gasteiger partial charge in [-0.1, -0.05) is 0 Å². The van der Waals surface area contributed by atoms with Gasteiger partial charge >= 0.3 is 0 Å². The van der Waals surface area contributed by atoms with E-state index in [2.05, 4.69) is 10.5 Å². The normalized spacial score (nSPS) is 10.6. The Hall–Kier alpha value is -3.62. The minimum absolute atomic E-state index is 0.298. The van der Waals surface area contributed by atoms with E-state index in [1.807, 2.05) is 0 Å². The molecule has 0 radical (unpaired) electrons. The predicted octanol–water partition coefficient (Wildman–Crippen LogP) is 1.48. The lowest BCUT2D eigenvalue weighted by atomic mass is 10.1. The van der Waals surface area contributed by atoms with Crippen LogP contribution in [0.1, 0.15) is 15.9 Å². The van der Waals surface area contributed by atoms with Gasteiger partial charge in [-0.05, 0) is 29.8 Å². The zero-order valence-corrected chi connectivity index (χ0v) is 11.5. The molecular weight excluding hydrogens is 306 g/mol. The Morgan fingerprint density at radius 3 is 2.43 bits per heavy atom. The van der Waals surface area contributed by atoms with E-state index in [4.69, 9.17) is 5.11 Å². The number of aromatic hydroxyl groups is 3. The highest BCUT2D eigenvalue weighted by Crippen LogP contribution is 2.24. The number of non-ortho nitro benzene ring substituents is 1. The van der Waals surface area contributed by atoms with Crippen molar-refractivity contribution in [3.05, 3.63) is 57.6 Å². The monoisotopic (exact) mass is 317 g/mol. The first-order chi connectivity index (χ1) is 10.9. The van der Waals surface area contributed by atoms with Crippen molar-refractivity contribution in [1.29, 1.82) is 0 Å². The maximum Gasteiger partial charge on any atom is 0.275 e. The van der Waals surface area contributed by atoms with Crippen LogP contribution in [0.25, 0.3) is 0 Å². The van der Waals surface area contributed by atoms with Crippen molar-refractivity contribution < 1.29 is 25.0 Å². The van der Waals surface area contributed by atoms with Crippen LogP contribution in [0.15, 0.2) is 41.5 Å². The molecule has 2 aromatic rings. The summed E-state index contributed by atoms with van der Waals surface area (Å²) in [5.41, 5.74) is 1.84. The summed E-state index contributed by atoms with van der Waals surface area (Å²) in [4.78, 5) is 21.8. The molecular formula is C14H11N3O6. The number of nitrogens with one attached hydrogen (secondary N) is 1. The Morgan fingerprint density at radius 2 is 1.78 bits per heavy atom. The average Bonchev–Trinajstić information content (AvgIpc) is 2.51. The predicted molar refractivity (Wildman–Crippen MR) is 79.6 cm³/mol. The number of nitro benzene ring substituents is 1. The number of phenols is 3. The molecule has 0 heterocycles. The van der Waals surface area contributed by atoms with E-state index in [1.54, 1.807) is 0 Å². The van der Waals surface area contributed by atoms with E-state index in [-0.39, 0.29) is 22.7 Å². The van der Waals surface area contributed by atoms with Gasteiger partial charge in [0, 0.05) is 12.1 Å². The fraction of sp³-hybridized carbons (Fsp3) is 0. The van der Waals surface area contributed by atoms with Gasteiger partial charge in [0.25, 0.3) is 11.6 Å². The standard InChI is InChI=1S/C14H11N3O6/c18-11-4-2-9(17(22)23)6-10(11)14(21)16-15-7-8-1-3-12(19)13(20)5-8/h1-7,18-20H,(H,16,21)/b15-7+. The van der Waals surface area contributed by atoms with Crippen LogP contribution in [0.5, 0.6) is 17.2 Å². The second kappa shape index (κ2) is 6.43. The molecule has 2 rings (SSSR count). The molecule has 0 fully saturated rings. The minimum Gasteiger partial charge on any atom is -0.507 e. The van der Waals surface area contributed by atoms with Gasteiger partial charge in [0.15, 0.2) is 11.5 Å². The van der Waals surface area contributed by atoms with Crippen LogP contribution in [0.3, 0.4) is 0 Å².